The first-order valence-corrected chi connectivity index (χ1v) is 14.1. The standard InChI is InChI=1S/C27H17BrN2O4S2/c28-26-13-12-25(34-26)24(31)15-27-29-21(16-35-27)17-10-11-20-19-8-4-5-9-22(19)30(23(20)14-17)36(32,33)18-6-2-1-3-7-18/h1-14,16H,15H2. The molecule has 0 N–H and O–H groups in total. The number of Topliss-reactive ketones (excluding diaryl/α,β-unsaturated/α-hetero) is 1. The molecule has 3 aromatic carbocycles. The summed E-state index contributed by atoms with van der Waals surface area (Å²) in [5.74, 6) is 0.113. The van der Waals surface area contributed by atoms with E-state index < -0.39 is 10.0 Å². The number of thiazole rings is 1. The molecule has 0 amide bonds. The molecule has 6 rings (SSSR count). The van der Waals surface area contributed by atoms with Crippen molar-refractivity contribution >= 4 is 64.9 Å². The van der Waals surface area contributed by atoms with Crippen LogP contribution in [-0.2, 0) is 16.4 Å². The number of aromatic nitrogens is 2. The van der Waals surface area contributed by atoms with Crippen LogP contribution in [0, 0.1) is 0 Å². The molecule has 3 aromatic heterocycles. The van der Waals surface area contributed by atoms with Crippen molar-refractivity contribution in [3.63, 3.8) is 0 Å². The predicted molar refractivity (Wildman–Crippen MR) is 144 cm³/mol. The summed E-state index contributed by atoms with van der Waals surface area (Å²) < 4.78 is 34.7. The summed E-state index contributed by atoms with van der Waals surface area (Å²) in [5.41, 5.74) is 2.64. The first-order valence-electron chi connectivity index (χ1n) is 11.0. The Kier molecular flexibility index (Phi) is 5.63. The lowest BCUT2D eigenvalue weighted by molar-refractivity contribution is 0.0965. The SMILES string of the molecule is O=C(Cc1nc(-c2ccc3c4ccccc4n(S(=O)(=O)c4ccccc4)c3c2)cs1)c1ccc(Br)o1. The zero-order chi connectivity index (χ0) is 24.9. The van der Waals surface area contributed by atoms with Crippen LogP contribution in [0.5, 0.6) is 0 Å². The lowest BCUT2D eigenvalue weighted by Gasteiger charge is -2.09. The number of para-hydroxylation sites is 1. The van der Waals surface area contributed by atoms with Crippen LogP contribution in [0.15, 0.2) is 104 Å². The molecule has 0 aliphatic rings. The highest BCUT2D eigenvalue weighted by atomic mass is 79.9. The van der Waals surface area contributed by atoms with Gasteiger partial charge in [-0.05, 0) is 52.3 Å². The molecule has 0 atom stereocenters. The van der Waals surface area contributed by atoms with E-state index in [1.807, 2.05) is 47.8 Å². The Labute approximate surface area is 219 Å². The first kappa shape index (κ1) is 22.9. The highest BCUT2D eigenvalue weighted by molar-refractivity contribution is 9.10. The van der Waals surface area contributed by atoms with Gasteiger partial charge in [-0.25, -0.2) is 17.4 Å². The molecule has 3 heterocycles. The maximum absolute atomic E-state index is 13.7. The number of ketones is 1. The highest BCUT2D eigenvalue weighted by Crippen LogP contribution is 2.35. The van der Waals surface area contributed by atoms with Gasteiger partial charge in [0.2, 0.25) is 5.78 Å². The number of fused-ring (bicyclic) bond motifs is 3. The van der Waals surface area contributed by atoms with Crippen LogP contribution in [0.4, 0.5) is 0 Å². The normalized spacial score (nSPS) is 11.9. The molecule has 0 spiro atoms. The zero-order valence-corrected chi connectivity index (χ0v) is 21.8. The van der Waals surface area contributed by atoms with Gasteiger partial charge in [-0.15, -0.1) is 11.3 Å². The summed E-state index contributed by atoms with van der Waals surface area (Å²) in [4.78, 5) is 17.4. The lowest BCUT2D eigenvalue weighted by atomic mass is 10.1. The Morgan fingerprint density at radius 1 is 0.917 bits per heavy atom. The maximum atomic E-state index is 13.7. The van der Waals surface area contributed by atoms with Gasteiger partial charge in [0.15, 0.2) is 10.4 Å². The Balaban J connectivity index is 1.45. The van der Waals surface area contributed by atoms with Crippen molar-refractivity contribution in [2.75, 3.05) is 0 Å². The molecule has 9 heteroatoms. The van der Waals surface area contributed by atoms with Crippen LogP contribution < -0.4 is 0 Å². The van der Waals surface area contributed by atoms with Gasteiger partial charge in [-0.3, -0.25) is 4.79 Å². The van der Waals surface area contributed by atoms with Crippen LogP contribution in [-0.4, -0.2) is 23.2 Å². The van der Waals surface area contributed by atoms with Crippen LogP contribution in [0.2, 0.25) is 0 Å². The Morgan fingerprint density at radius 2 is 1.67 bits per heavy atom. The van der Waals surface area contributed by atoms with Crippen molar-refractivity contribution < 1.29 is 17.6 Å². The first-order chi connectivity index (χ1) is 17.4. The van der Waals surface area contributed by atoms with Crippen molar-refractivity contribution in [2.24, 2.45) is 0 Å². The molecule has 0 aliphatic carbocycles. The van der Waals surface area contributed by atoms with Crippen molar-refractivity contribution in [1.29, 1.82) is 0 Å². The monoisotopic (exact) mass is 576 g/mol. The number of rotatable bonds is 6. The second-order valence-electron chi connectivity index (χ2n) is 8.16. The third-order valence-corrected chi connectivity index (χ3v) is 8.94. The van der Waals surface area contributed by atoms with Gasteiger partial charge in [0.05, 0.1) is 28.0 Å². The third kappa shape index (κ3) is 3.89. The average Bonchev–Trinajstić information content (AvgIpc) is 3.61. The predicted octanol–water partition coefficient (Wildman–Crippen LogP) is 6.94. The zero-order valence-electron chi connectivity index (χ0n) is 18.6. The van der Waals surface area contributed by atoms with Crippen LogP contribution in [0.25, 0.3) is 33.1 Å². The second-order valence-corrected chi connectivity index (χ2v) is 11.7. The Morgan fingerprint density at radius 3 is 2.44 bits per heavy atom. The number of benzene rings is 3. The minimum Gasteiger partial charge on any atom is -0.446 e. The number of nitrogens with zero attached hydrogens (tertiary/aromatic N) is 2. The summed E-state index contributed by atoms with van der Waals surface area (Å²) >= 11 is 4.59. The quantitative estimate of drug-likeness (QED) is 0.201. The van der Waals surface area contributed by atoms with E-state index in [4.69, 9.17) is 4.42 Å². The van der Waals surface area contributed by atoms with Crippen molar-refractivity contribution in [2.45, 2.75) is 11.3 Å². The van der Waals surface area contributed by atoms with E-state index in [2.05, 4.69) is 20.9 Å². The maximum Gasteiger partial charge on any atom is 0.268 e. The average molecular weight is 577 g/mol. The van der Waals surface area contributed by atoms with Crippen molar-refractivity contribution in [3.8, 4) is 11.3 Å². The van der Waals surface area contributed by atoms with Crippen molar-refractivity contribution in [3.05, 3.63) is 106 Å². The molecule has 0 fully saturated rings. The van der Waals surface area contributed by atoms with Crippen LogP contribution in [0.3, 0.4) is 0 Å². The molecule has 0 radical (unpaired) electrons. The molecular weight excluding hydrogens is 560 g/mol. The largest absolute Gasteiger partial charge is 0.446 e. The fourth-order valence-electron chi connectivity index (χ4n) is 4.27. The van der Waals surface area contributed by atoms with E-state index >= 15 is 0 Å². The molecule has 0 saturated heterocycles. The summed E-state index contributed by atoms with van der Waals surface area (Å²) in [7, 11) is -3.85. The van der Waals surface area contributed by atoms with Crippen LogP contribution in [0.1, 0.15) is 15.6 Å². The molecule has 0 bridgehead atoms. The number of carbonyl (C=O) groups excluding carboxylic acids is 1. The summed E-state index contributed by atoms with van der Waals surface area (Å²) in [6.45, 7) is 0. The Bertz CT molecular complexity index is 1870. The lowest BCUT2D eigenvalue weighted by Crippen LogP contribution is -2.12. The molecule has 0 aliphatic heterocycles. The van der Waals surface area contributed by atoms with Gasteiger partial charge in [-0.1, -0.05) is 48.5 Å². The fraction of sp³-hybridized carbons (Fsp3) is 0.0370. The number of carbonyl (C=O) groups is 1. The summed E-state index contributed by atoms with van der Waals surface area (Å²) in [5, 5.41) is 4.22. The number of furan rings is 1. The molecule has 0 unspecified atom stereocenters. The number of hydrogen-bond donors (Lipinski definition) is 0. The van der Waals surface area contributed by atoms with E-state index in [0.29, 0.717) is 26.4 Å². The van der Waals surface area contributed by atoms with E-state index in [-0.39, 0.29) is 22.9 Å². The number of hydrogen-bond acceptors (Lipinski definition) is 6. The van der Waals surface area contributed by atoms with Gasteiger partial charge in [0, 0.05) is 21.7 Å². The molecule has 36 heavy (non-hydrogen) atoms. The van der Waals surface area contributed by atoms with E-state index in [1.54, 1.807) is 42.5 Å². The second kappa shape index (κ2) is 8.85. The topological polar surface area (TPSA) is 82.2 Å². The van der Waals surface area contributed by atoms with Gasteiger partial charge in [-0.2, -0.15) is 0 Å². The number of halogens is 1. The molecule has 6 aromatic rings. The highest BCUT2D eigenvalue weighted by Gasteiger charge is 2.23. The van der Waals surface area contributed by atoms with E-state index in [9.17, 15) is 13.2 Å². The molecular formula is C27H17BrN2O4S2. The summed E-state index contributed by atoms with van der Waals surface area (Å²) in [6.07, 6.45) is 0.121. The molecule has 6 nitrogen and oxygen atoms in total. The minimum atomic E-state index is -3.85. The van der Waals surface area contributed by atoms with Crippen LogP contribution >= 0.6 is 27.3 Å². The van der Waals surface area contributed by atoms with Crippen molar-refractivity contribution in [1.82, 2.24) is 8.96 Å². The van der Waals surface area contributed by atoms with E-state index in [0.717, 1.165) is 16.3 Å². The summed E-state index contributed by atoms with van der Waals surface area (Å²) in [6, 6.07) is 24.9. The molecule has 178 valence electrons. The minimum absolute atomic E-state index is 0.121. The van der Waals surface area contributed by atoms with Gasteiger partial charge >= 0.3 is 0 Å². The third-order valence-electron chi connectivity index (χ3n) is 5.92. The van der Waals surface area contributed by atoms with Gasteiger partial charge in [0.25, 0.3) is 10.0 Å². The molecule has 0 saturated carbocycles. The van der Waals surface area contributed by atoms with Gasteiger partial charge < -0.3 is 4.42 Å². The Hall–Kier alpha value is -3.53. The smallest absolute Gasteiger partial charge is 0.268 e. The van der Waals surface area contributed by atoms with E-state index in [1.165, 1.54) is 15.3 Å². The van der Waals surface area contributed by atoms with Gasteiger partial charge in [0.1, 0.15) is 5.01 Å². The fourth-order valence-corrected chi connectivity index (χ4v) is 6.91.